The van der Waals surface area contributed by atoms with Gasteiger partial charge < -0.3 is 20.8 Å². The molecule has 0 aliphatic carbocycles. The number of benzene rings is 2. The van der Waals surface area contributed by atoms with Gasteiger partial charge in [0.2, 0.25) is 5.91 Å². The van der Waals surface area contributed by atoms with Gasteiger partial charge in [0.15, 0.2) is 5.65 Å². The molecule has 0 fully saturated rings. The standard InChI is InChI=1S/C24H24ClN5O2/c1-14(31)30-24(2,3)17-8-10-18(11-9-17)32-23-27-20-12-19(25)21(28-22(20)29-23)16-6-4-15(13-26)5-7-16/h4-12H,13,26H2,1-3H3,(H,30,31)(H,27,28,29). The summed E-state index contributed by atoms with van der Waals surface area (Å²) in [6.45, 7) is 5.87. The molecule has 32 heavy (non-hydrogen) atoms. The molecule has 0 saturated heterocycles. The molecular formula is C24H24ClN5O2. The molecule has 2 aromatic heterocycles. The maximum absolute atomic E-state index is 11.4. The van der Waals surface area contributed by atoms with Gasteiger partial charge in [0.25, 0.3) is 0 Å². The molecule has 0 aliphatic rings. The smallest absolute Gasteiger partial charge is 0.301 e. The Balaban J connectivity index is 1.57. The van der Waals surface area contributed by atoms with E-state index in [-0.39, 0.29) is 5.91 Å². The maximum atomic E-state index is 11.4. The fourth-order valence-electron chi connectivity index (χ4n) is 3.51. The molecule has 8 heteroatoms. The number of fused-ring (bicyclic) bond motifs is 1. The van der Waals surface area contributed by atoms with Gasteiger partial charge in [-0.2, -0.15) is 4.98 Å². The van der Waals surface area contributed by atoms with E-state index < -0.39 is 5.54 Å². The van der Waals surface area contributed by atoms with E-state index in [1.54, 1.807) is 6.07 Å². The van der Waals surface area contributed by atoms with Crippen LogP contribution in [0.15, 0.2) is 54.6 Å². The topological polar surface area (TPSA) is 106 Å². The third-order valence-electron chi connectivity index (χ3n) is 5.15. The lowest BCUT2D eigenvalue weighted by Crippen LogP contribution is -2.39. The van der Waals surface area contributed by atoms with Crippen molar-refractivity contribution in [2.24, 2.45) is 5.73 Å². The van der Waals surface area contributed by atoms with E-state index in [0.29, 0.717) is 40.2 Å². The van der Waals surface area contributed by atoms with E-state index in [1.807, 2.05) is 62.4 Å². The predicted octanol–water partition coefficient (Wildman–Crippen LogP) is 4.90. The van der Waals surface area contributed by atoms with Crippen LogP contribution in [0.25, 0.3) is 22.4 Å². The number of nitrogens with zero attached hydrogens (tertiary/aromatic N) is 2. The second-order valence-electron chi connectivity index (χ2n) is 8.07. The predicted molar refractivity (Wildman–Crippen MR) is 126 cm³/mol. The van der Waals surface area contributed by atoms with Crippen molar-refractivity contribution in [2.45, 2.75) is 32.9 Å². The lowest BCUT2D eigenvalue weighted by atomic mass is 9.94. The summed E-state index contributed by atoms with van der Waals surface area (Å²) in [6, 6.07) is 17.4. The Labute approximate surface area is 191 Å². The van der Waals surface area contributed by atoms with Crippen LogP contribution >= 0.6 is 11.6 Å². The highest BCUT2D eigenvalue weighted by atomic mass is 35.5. The van der Waals surface area contributed by atoms with Crippen LogP contribution in [0.3, 0.4) is 0 Å². The number of ether oxygens (including phenoxy) is 1. The van der Waals surface area contributed by atoms with Crippen LogP contribution in [-0.2, 0) is 16.9 Å². The lowest BCUT2D eigenvalue weighted by molar-refractivity contribution is -0.120. The number of H-pyrrole nitrogens is 1. The molecule has 0 saturated carbocycles. The first-order valence-corrected chi connectivity index (χ1v) is 10.6. The van der Waals surface area contributed by atoms with Gasteiger partial charge in [-0.1, -0.05) is 48.0 Å². The molecular weight excluding hydrogens is 426 g/mol. The molecule has 4 aromatic rings. The van der Waals surface area contributed by atoms with Crippen LogP contribution in [0.1, 0.15) is 31.9 Å². The summed E-state index contributed by atoms with van der Waals surface area (Å²) in [5.74, 6) is 0.522. The average molecular weight is 450 g/mol. The molecule has 0 radical (unpaired) electrons. The number of hydrogen-bond acceptors (Lipinski definition) is 5. The Bertz CT molecular complexity index is 1260. The second kappa shape index (κ2) is 8.61. The van der Waals surface area contributed by atoms with Gasteiger partial charge in [0, 0.05) is 19.0 Å². The second-order valence-corrected chi connectivity index (χ2v) is 8.47. The number of imidazole rings is 1. The van der Waals surface area contributed by atoms with Gasteiger partial charge in [-0.15, -0.1) is 0 Å². The molecule has 2 aromatic carbocycles. The number of rotatable bonds is 6. The minimum atomic E-state index is -0.483. The molecule has 164 valence electrons. The monoisotopic (exact) mass is 449 g/mol. The van der Waals surface area contributed by atoms with Crippen molar-refractivity contribution in [3.63, 3.8) is 0 Å². The van der Waals surface area contributed by atoms with Crippen molar-refractivity contribution in [2.75, 3.05) is 0 Å². The van der Waals surface area contributed by atoms with Crippen LogP contribution < -0.4 is 15.8 Å². The van der Waals surface area contributed by atoms with E-state index in [0.717, 1.165) is 16.7 Å². The van der Waals surface area contributed by atoms with Gasteiger partial charge in [0.05, 0.1) is 21.8 Å². The number of nitrogens with one attached hydrogen (secondary N) is 2. The van der Waals surface area contributed by atoms with E-state index in [2.05, 4.69) is 20.3 Å². The molecule has 0 atom stereocenters. The summed E-state index contributed by atoms with van der Waals surface area (Å²) < 4.78 is 5.88. The Morgan fingerprint density at radius 3 is 2.44 bits per heavy atom. The van der Waals surface area contributed by atoms with Crippen LogP contribution in [0, 0.1) is 0 Å². The lowest BCUT2D eigenvalue weighted by Gasteiger charge is -2.26. The summed E-state index contributed by atoms with van der Waals surface area (Å²) >= 11 is 6.47. The van der Waals surface area contributed by atoms with E-state index in [1.165, 1.54) is 6.92 Å². The minimum absolute atomic E-state index is 0.0848. The number of aromatic nitrogens is 3. The number of nitrogens with two attached hydrogens (primary N) is 1. The Morgan fingerprint density at radius 2 is 1.81 bits per heavy atom. The Hall–Kier alpha value is -3.42. The summed E-state index contributed by atoms with van der Waals surface area (Å²) in [5.41, 5.74) is 9.90. The van der Waals surface area contributed by atoms with Crippen molar-refractivity contribution in [3.8, 4) is 23.0 Å². The highest BCUT2D eigenvalue weighted by molar-refractivity contribution is 6.33. The number of amides is 1. The van der Waals surface area contributed by atoms with Gasteiger partial charge in [0.1, 0.15) is 5.75 Å². The zero-order valence-corrected chi connectivity index (χ0v) is 18.8. The van der Waals surface area contributed by atoms with Crippen LogP contribution in [0.4, 0.5) is 0 Å². The zero-order chi connectivity index (χ0) is 22.9. The highest BCUT2D eigenvalue weighted by Crippen LogP contribution is 2.31. The van der Waals surface area contributed by atoms with Gasteiger partial charge in [-0.3, -0.25) is 4.79 Å². The molecule has 0 bridgehead atoms. The summed E-state index contributed by atoms with van der Waals surface area (Å²) in [6.07, 6.45) is 0. The first-order valence-electron chi connectivity index (χ1n) is 10.2. The molecule has 0 aliphatic heterocycles. The van der Waals surface area contributed by atoms with Crippen LogP contribution in [0.5, 0.6) is 11.8 Å². The number of carbonyl (C=O) groups is 1. The molecule has 7 nitrogen and oxygen atoms in total. The first-order chi connectivity index (χ1) is 15.2. The third-order valence-corrected chi connectivity index (χ3v) is 5.44. The summed E-state index contributed by atoms with van der Waals surface area (Å²) in [7, 11) is 0. The molecule has 1 amide bonds. The van der Waals surface area contributed by atoms with Gasteiger partial charge in [-0.05, 0) is 43.2 Å². The first kappa shape index (κ1) is 21.8. The van der Waals surface area contributed by atoms with Crippen LogP contribution in [0.2, 0.25) is 5.02 Å². The van der Waals surface area contributed by atoms with E-state index >= 15 is 0 Å². The SMILES string of the molecule is CC(=O)NC(C)(C)c1ccc(Oc2nc3nc(-c4ccc(CN)cc4)c(Cl)cc3[nH]2)cc1. The fourth-order valence-corrected chi connectivity index (χ4v) is 3.77. The number of hydrogen-bond donors (Lipinski definition) is 3. The van der Waals surface area contributed by atoms with Gasteiger partial charge >= 0.3 is 6.01 Å². The Kier molecular flexibility index (Phi) is 5.86. The van der Waals surface area contributed by atoms with E-state index in [4.69, 9.17) is 22.1 Å². The normalized spacial score (nSPS) is 11.5. The number of pyridine rings is 1. The number of aromatic amines is 1. The van der Waals surface area contributed by atoms with Crippen LogP contribution in [-0.4, -0.2) is 20.9 Å². The van der Waals surface area contributed by atoms with Crippen molar-refractivity contribution >= 4 is 28.7 Å². The summed E-state index contributed by atoms with van der Waals surface area (Å²) in [5, 5.41) is 3.44. The maximum Gasteiger partial charge on any atom is 0.301 e. The minimum Gasteiger partial charge on any atom is -0.426 e. The zero-order valence-electron chi connectivity index (χ0n) is 18.1. The quantitative estimate of drug-likeness (QED) is 0.388. The van der Waals surface area contributed by atoms with Crippen molar-refractivity contribution in [1.29, 1.82) is 0 Å². The molecule has 4 rings (SSSR count). The molecule has 2 heterocycles. The molecule has 0 spiro atoms. The van der Waals surface area contributed by atoms with E-state index in [9.17, 15) is 4.79 Å². The van der Waals surface area contributed by atoms with Crippen molar-refractivity contribution in [1.82, 2.24) is 20.3 Å². The number of halogens is 1. The van der Waals surface area contributed by atoms with Gasteiger partial charge in [-0.25, -0.2) is 4.98 Å². The Morgan fingerprint density at radius 1 is 1.12 bits per heavy atom. The molecule has 4 N–H and O–H groups in total. The number of carbonyl (C=O) groups excluding carboxylic acids is 1. The highest BCUT2D eigenvalue weighted by Gasteiger charge is 2.21. The fraction of sp³-hybridized carbons (Fsp3) is 0.208. The third kappa shape index (κ3) is 4.59. The largest absolute Gasteiger partial charge is 0.426 e. The average Bonchev–Trinajstić information content (AvgIpc) is 3.13. The van der Waals surface area contributed by atoms with Crippen molar-refractivity contribution in [3.05, 3.63) is 70.7 Å². The van der Waals surface area contributed by atoms with Crippen molar-refractivity contribution < 1.29 is 9.53 Å². The molecule has 0 unspecified atom stereocenters. The summed E-state index contributed by atoms with van der Waals surface area (Å²) in [4.78, 5) is 23.6.